The van der Waals surface area contributed by atoms with Crippen molar-refractivity contribution in [3.63, 3.8) is 0 Å². The number of rotatable bonds is 6. The van der Waals surface area contributed by atoms with Crippen molar-refractivity contribution in [3.8, 4) is 0 Å². The van der Waals surface area contributed by atoms with Crippen LogP contribution in [0, 0.1) is 0 Å². The van der Waals surface area contributed by atoms with Gasteiger partial charge in [0.1, 0.15) is 4.90 Å². The molecule has 0 radical (unpaired) electrons. The molecular weight excluding hydrogens is 262 g/mol. The predicted molar refractivity (Wildman–Crippen MR) is 66.2 cm³/mol. The standard InChI is InChI=1S/C9H15N3O3S2/c1-3-16-5-4-9(13)11-17(14,15)8-6-10-12(2)7-8/h6-7H,3-5H2,1-2H3,(H,11,13). The first-order valence-electron chi connectivity index (χ1n) is 5.07. The van der Waals surface area contributed by atoms with Crippen LogP contribution in [-0.4, -0.2) is 35.6 Å². The van der Waals surface area contributed by atoms with E-state index < -0.39 is 15.9 Å². The molecular formula is C9H15N3O3S2. The lowest BCUT2D eigenvalue weighted by molar-refractivity contribution is -0.118. The molecule has 0 saturated carbocycles. The Hall–Kier alpha value is -1.02. The minimum atomic E-state index is -3.77. The summed E-state index contributed by atoms with van der Waals surface area (Å²) in [7, 11) is -2.16. The van der Waals surface area contributed by atoms with Gasteiger partial charge in [-0.2, -0.15) is 16.9 Å². The number of nitrogens with one attached hydrogen (secondary N) is 1. The number of thioether (sulfide) groups is 1. The molecule has 0 atom stereocenters. The second-order valence-electron chi connectivity index (χ2n) is 3.33. The van der Waals surface area contributed by atoms with Crippen LogP contribution in [-0.2, 0) is 21.9 Å². The molecule has 0 saturated heterocycles. The van der Waals surface area contributed by atoms with Crippen LogP contribution in [0.2, 0.25) is 0 Å². The maximum absolute atomic E-state index is 11.7. The molecule has 1 heterocycles. The quantitative estimate of drug-likeness (QED) is 0.760. The summed E-state index contributed by atoms with van der Waals surface area (Å²) in [5.74, 6) is 1.03. The first-order chi connectivity index (χ1) is 7.95. The van der Waals surface area contributed by atoms with E-state index in [2.05, 4.69) is 5.10 Å². The van der Waals surface area contributed by atoms with Crippen molar-refractivity contribution in [3.05, 3.63) is 12.4 Å². The van der Waals surface area contributed by atoms with Gasteiger partial charge in [-0.25, -0.2) is 13.1 Å². The van der Waals surface area contributed by atoms with E-state index in [1.807, 2.05) is 11.6 Å². The predicted octanol–water partition coefficient (Wildman–Crippen LogP) is 0.368. The van der Waals surface area contributed by atoms with Crippen LogP contribution in [0.25, 0.3) is 0 Å². The Balaban J connectivity index is 2.58. The molecule has 1 aromatic heterocycles. The van der Waals surface area contributed by atoms with Gasteiger partial charge in [-0.05, 0) is 5.75 Å². The maximum Gasteiger partial charge on any atom is 0.267 e. The van der Waals surface area contributed by atoms with Crippen LogP contribution in [0.15, 0.2) is 17.3 Å². The Bertz CT molecular complexity index is 481. The van der Waals surface area contributed by atoms with Crippen molar-refractivity contribution < 1.29 is 13.2 Å². The third-order valence-corrected chi connectivity index (χ3v) is 4.15. The van der Waals surface area contributed by atoms with Crippen molar-refractivity contribution >= 4 is 27.7 Å². The Morgan fingerprint density at radius 3 is 2.82 bits per heavy atom. The molecule has 0 fully saturated rings. The Kier molecular flexibility index (Phi) is 5.01. The molecule has 0 aliphatic carbocycles. The zero-order valence-electron chi connectivity index (χ0n) is 9.71. The summed E-state index contributed by atoms with van der Waals surface area (Å²) in [4.78, 5) is 11.4. The number of sulfonamides is 1. The number of nitrogens with zero attached hydrogens (tertiary/aromatic N) is 2. The van der Waals surface area contributed by atoms with E-state index in [1.165, 1.54) is 17.1 Å². The summed E-state index contributed by atoms with van der Waals surface area (Å²) in [6.45, 7) is 1.98. The van der Waals surface area contributed by atoms with E-state index in [0.29, 0.717) is 5.75 Å². The highest BCUT2D eigenvalue weighted by atomic mass is 32.2. The number of carbonyl (C=O) groups is 1. The summed E-state index contributed by atoms with van der Waals surface area (Å²) in [6, 6.07) is 0. The highest BCUT2D eigenvalue weighted by Crippen LogP contribution is 2.07. The van der Waals surface area contributed by atoms with E-state index >= 15 is 0 Å². The van der Waals surface area contributed by atoms with Gasteiger partial charge in [-0.3, -0.25) is 9.48 Å². The smallest absolute Gasteiger partial charge is 0.267 e. The normalized spacial score (nSPS) is 11.4. The van der Waals surface area contributed by atoms with Crippen molar-refractivity contribution in [1.29, 1.82) is 0 Å². The molecule has 8 heteroatoms. The number of aryl methyl sites for hydroxylation is 1. The minimum absolute atomic E-state index is 0.00325. The van der Waals surface area contributed by atoms with Gasteiger partial charge in [-0.1, -0.05) is 6.92 Å². The van der Waals surface area contributed by atoms with Crippen LogP contribution in [0.5, 0.6) is 0 Å². The van der Waals surface area contributed by atoms with Crippen LogP contribution < -0.4 is 4.72 Å². The lowest BCUT2D eigenvalue weighted by atomic mass is 10.5. The number of hydrogen-bond acceptors (Lipinski definition) is 5. The molecule has 1 aromatic rings. The van der Waals surface area contributed by atoms with Gasteiger partial charge in [0.25, 0.3) is 10.0 Å². The summed E-state index contributed by atoms with van der Waals surface area (Å²) >= 11 is 1.59. The number of hydrogen-bond donors (Lipinski definition) is 1. The molecule has 17 heavy (non-hydrogen) atoms. The van der Waals surface area contributed by atoms with Gasteiger partial charge in [0.2, 0.25) is 5.91 Å². The van der Waals surface area contributed by atoms with E-state index in [-0.39, 0.29) is 11.3 Å². The minimum Gasteiger partial charge on any atom is -0.274 e. The van der Waals surface area contributed by atoms with Crippen LogP contribution >= 0.6 is 11.8 Å². The van der Waals surface area contributed by atoms with Gasteiger partial charge in [0.15, 0.2) is 0 Å². The van der Waals surface area contributed by atoms with Crippen LogP contribution in [0.1, 0.15) is 13.3 Å². The largest absolute Gasteiger partial charge is 0.274 e. The zero-order chi connectivity index (χ0) is 12.9. The Morgan fingerprint density at radius 2 is 2.29 bits per heavy atom. The zero-order valence-corrected chi connectivity index (χ0v) is 11.3. The molecule has 0 aliphatic heterocycles. The third-order valence-electron chi connectivity index (χ3n) is 1.92. The molecule has 6 nitrogen and oxygen atoms in total. The Labute approximate surface area is 105 Å². The van der Waals surface area contributed by atoms with Gasteiger partial charge >= 0.3 is 0 Å². The lowest BCUT2D eigenvalue weighted by Gasteiger charge is -2.04. The van der Waals surface area contributed by atoms with E-state index in [1.54, 1.807) is 18.8 Å². The van der Waals surface area contributed by atoms with Gasteiger partial charge < -0.3 is 0 Å². The van der Waals surface area contributed by atoms with Crippen LogP contribution in [0.3, 0.4) is 0 Å². The summed E-state index contributed by atoms with van der Waals surface area (Å²) in [6.07, 6.45) is 2.74. The number of carbonyl (C=O) groups excluding carboxylic acids is 1. The second kappa shape index (κ2) is 6.06. The highest BCUT2D eigenvalue weighted by Gasteiger charge is 2.18. The molecule has 0 spiro atoms. The average Bonchev–Trinajstić information content (AvgIpc) is 2.65. The molecule has 0 aliphatic rings. The second-order valence-corrected chi connectivity index (χ2v) is 6.40. The first kappa shape index (κ1) is 14.0. The monoisotopic (exact) mass is 277 g/mol. The summed E-state index contributed by atoms with van der Waals surface area (Å²) in [5, 5.41) is 3.75. The molecule has 0 aromatic carbocycles. The topological polar surface area (TPSA) is 81.1 Å². The fourth-order valence-electron chi connectivity index (χ4n) is 1.11. The SMILES string of the molecule is CCSCCC(=O)NS(=O)(=O)c1cnn(C)c1. The van der Waals surface area contributed by atoms with Crippen molar-refractivity contribution in [2.24, 2.45) is 7.05 Å². The maximum atomic E-state index is 11.7. The van der Waals surface area contributed by atoms with E-state index in [9.17, 15) is 13.2 Å². The highest BCUT2D eigenvalue weighted by molar-refractivity contribution is 7.99. The molecule has 1 amide bonds. The van der Waals surface area contributed by atoms with Crippen molar-refractivity contribution in [1.82, 2.24) is 14.5 Å². The van der Waals surface area contributed by atoms with E-state index in [4.69, 9.17) is 0 Å². The number of amides is 1. The van der Waals surface area contributed by atoms with Gasteiger partial charge in [0.05, 0.1) is 6.20 Å². The fraction of sp³-hybridized carbons (Fsp3) is 0.556. The lowest BCUT2D eigenvalue weighted by Crippen LogP contribution is -2.30. The number of aromatic nitrogens is 2. The average molecular weight is 277 g/mol. The van der Waals surface area contributed by atoms with Gasteiger partial charge in [0, 0.05) is 25.4 Å². The van der Waals surface area contributed by atoms with E-state index in [0.717, 1.165) is 5.75 Å². The molecule has 1 N–H and O–H groups in total. The third kappa shape index (κ3) is 4.39. The van der Waals surface area contributed by atoms with Crippen molar-refractivity contribution in [2.45, 2.75) is 18.2 Å². The van der Waals surface area contributed by atoms with Gasteiger partial charge in [-0.15, -0.1) is 0 Å². The molecule has 0 unspecified atom stereocenters. The Morgan fingerprint density at radius 1 is 1.59 bits per heavy atom. The fourth-order valence-corrected chi connectivity index (χ4v) is 2.72. The molecule has 96 valence electrons. The summed E-state index contributed by atoms with van der Waals surface area (Å²) in [5.41, 5.74) is 0. The van der Waals surface area contributed by atoms with Crippen LogP contribution in [0.4, 0.5) is 0 Å². The summed E-state index contributed by atoms with van der Waals surface area (Å²) < 4.78 is 26.8. The molecule has 0 bridgehead atoms. The van der Waals surface area contributed by atoms with Crippen molar-refractivity contribution in [2.75, 3.05) is 11.5 Å². The first-order valence-corrected chi connectivity index (χ1v) is 7.71. The molecule has 1 rings (SSSR count).